The number of nitrogens with zero attached hydrogens (tertiary/aromatic N) is 3. The predicted molar refractivity (Wildman–Crippen MR) is 115 cm³/mol. The van der Waals surface area contributed by atoms with Gasteiger partial charge in [-0.1, -0.05) is 11.6 Å². The van der Waals surface area contributed by atoms with Gasteiger partial charge in [0.25, 0.3) is 0 Å². The normalized spacial score (nSPS) is 11.0. The molecule has 0 saturated heterocycles. The largest absolute Gasteiger partial charge is 0.417 e. The topological polar surface area (TPSA) is 82.2 Å². The maximum atomic E-state index is 12.9. The summed E-state index contributed by atoms with van der Waals surface area (Å²) in [5.74, 6) is 0.549. The van der Waals surface area contributed by atoms with E-state index in [1.165, 1.54) is 6.07 Å². The van der Waals surface area contributed by atoms with Gasteiger partial charge in [0.15, 0.2) is 5.82 Å². The Morgan fingerprint density at radius 3 is 2.23 bits per heavy atom. The van der Waals surface area contributed by atoms with Crippen molar-refractivity contribution < 1.29 is 18.0 Å². The first kappa shape index (κ1) is 22.2. The SMILES string of the molecule is CN(C)c1cnnc(Nc2ccc(NC(=O)Nc3ccc(Cl)c(C(F)(F)F)c3)cc2)c1. The van der Waals surface area contributed by atoms with Crippen molar-refractivity contribution in [2.75, 3.05) is 34.9 Å². The Kier molecular flexibility index (Phi) is 6.50. The predicted octanol–water partition coefficient (Wildman–Crippen LogP) is 5.60. The van der Waals surface area contributed by atoms with Crippen LogP contribution >= 0.6 is 11.6 Å². The van der Waals surface area contributed by atoms with E-state index in [1.807, 2.05) is 25.1 Å². The van der Waals surface area contributed by atoms with Crippen molar-refractivity contribution in [2.24, 2.45) is 0 Å². The molecule has 0 aliphatic carbocycles. The molecule has 0 atom stereocenters. The summed E-state index contributed by atoms with van der Waals surface area (Å²) in [5.41, 5.74) is 0.976. The Bertz CT molecular complexity index is 1070. The molecule has 2 amide bonds. The molecule has 0 fully saturated rings. The smallest absolute Gasteiger partial charge is 0.376 e. The first-order chi connectivity index (χ1) is 14.6. The van der Waals surface area contributed by atoms with Crippen LogP contribution in [0.1, 0.15) is 5.56 Å². The molecule has 0 spiro atoms. The van der Waals surface area contributed by atoms with Gasteiger partial charge in [0.05, 0.1) is 22.5 Å². The van der Waals surface area contributed by atoms with Crippen LogP contribution in [0.4, 0.5) is 46.5 Å². The highest BCUT2D eigenvalue weighted by Crippen LogP contribution is 2.36. The van der Waals surface area contributed by atoms with E-state index >= 15 is 0 Å². The quantitative estimate of drug-likeness (QED) is 0.471. The van der Waals surface area contributed by atoms with E-state index in [-0.39, 0.29) is 5.69 Å². The van der Waals surface area contributed by atoms with Crippen LogP contribution < -0.4 is 20.9 Å². The van der Waals surface area contributed by atoms with Crippen molar-refractivity contribution in [2.45, 2.75) is 6.18 Å². The lowest BCUT2D eigenvalue weighted by Gasteiger charge is -2.13. The maximum absolute atomic E-state index is 12.9. The van der Waals surface area contributed by atoms with Crippen LogP contribution in [0.3, 0.4) is 0 Å². The molecule has 1 heterocycles. The molecule has 0 bridgehead atoms. The van der Waals surface area contributed by atoms with E-state index in [2.05, 4.69) is 26.1 Å². The summed E-state index contributed by atoms with van der Waals surface area (Å²) in [6.45, 7) is 0. The molecule has 3 rings (SSSR count). The van der Waals surface area contributed by atoms with Crippen molar-refractivity contribution >= 4 is 46.2 Å². The highest BCUT2D eigenvalue weighted by atomic mass is 35.5. The first-order valence-electron chi connectivity index (χ1n) is 8.94. The van der Waals surface area contributed by atoms with Gasteiger partial charge in [-0.3, -0.25) is 0 Å². The van der Waals surface area contributed by atoms with Gasteiger partial charge in [0.2, 0.25) is 0 Å². The van der Waals surface area contributed by atoms with Crippen LogP contribution in [0.15, 0.2) is 54.7 Å². The summed E-state index contributed by atoms with van der Waals surface area (Å²) in [7, 11) is 3.78. The highest BCUT2D eigenvalue weighted by molar-refractivity contribution is 6.31. The number of benzene rings is 2. The number of aromatic nitrogens is 2. The maximum Gasteiger partial charge on any atom is 0.417 e. The highest BCUT2D eigenvalue weighted by Gasteiger charge is 2.33. The van der Waals surface area contributed by atoms with Crippen LogP contribution in [0.5, 0.6) is 0 Å². The van der Waals surface area contributed by atoms with Crippen LogP contribution in [0.25, 0.3) is 0 Å². The fraction of sp³-hybridized carbons (Fsp3) is 0.150. The zero-order valence-corrected chi connectivity index (χ0v) is 17.2. The zero-order valence-electron chi connectivity index (χ0n) is 16.5. The molecular weight excluding hydrogens is 433 g/mol. The number of amides is 2. The van der Waals surface area contributed by atoms with Gasteiger partial charge in [0.1, 0.15) is 0 Å². The summed E-state index contributed by atoms with van der Waals surface area (Å²) < 4.78 is 38.8. The third-order valence-corrected chi connectivity index (χ3v) is 4.43. The second-order valence-electron chi connectivity index (χ2n) is 6.67. The molecule has 0 radical (unpaired) electrons. The second kappa shape index (κ2) is 9.09. The number of nitrogens with one attached hydrogen (secondary N) is 3. The second-order valence-corrected chi connectivity index (χ2v) is 7.07. The Labute approximate surface area is 181 Å². The molecule has 2 aromatic carbocycles. The van der Waals surface area contributed by atoms with E-state index in [0.717, 1.165) is 17.8 Å². The third-order valence-electron chi connectivity index (χ3n) is 4.10. The van der Waals surface area contributed by atoms with E-state index in [9.17, 15) is 18.0 Å². The Morgan fingerprint density at radius 2 is 1.58 bits per heavy atom. The Balaban J connectivity index is 1.62. The van der Waals surface area contributed by atoms with Crippen molar-refractivity contribution in [3.05, 3.63) is 65.3 Å². The number of carbonyl (C=O) groups is 1. The molecule has 1 aromatic heterocycles. The molecule has 0 saturated carbocycles. The van der Waals surface area contributed by atoms with E-state index in [4.69, 9.17) is 11.6 Å². The number of hydrogen-bond donors (Lipinski definition) is 3. The first-order valence-corrected chi connectivity index (χ1v) is 9.31. The Morgan fingerprint density at radius 1 is 0.968 bits per heavy atom. The minimum absolute atomic E-state index is 0.0353. The molecule has 31 heavy (non-hydrogen) atoms. The summed E-state index contributed by atoms with van der Waals surface area (Å²) >= 11 is 5.58. The van der Waals surface area contributed by atoms with E-state index in [1.54, 1.807) is 30.5 Å². The van der Waals surface area contributed by atoms with Crippen molar-refractivity contribution in [3.8, 4) is 0 Å². The summed E-state index contributed by atoms with van der Waals surface area (Å²) in [6, 6.07) is 11.0. The minimum atomic E-state index is -4.62. The van der Waals surface area contributed by atoms with E-state index < -0.39 is 22.8 Å². The van der Waals surface area contributed by atoms with Crippen molar-refractivity contribution in [1.29, 1.82) is 0 Å². The van der Waals surface area contributed by atoms with Crippen molar-refractivity contribution in [3.63, 3.8) is 0 Å². The molecular formula is C20H18ClF3N6O. The molecule has 0 aliphatic heterocycles. The number of halogens is 4. The number of hydrogen-bond acceptors (Lipinski definition) is 5. The monoisotopic (exact) mass is 450 g/mol. The summed E-state index contributed by atoms with van der Waals surface area (Å²) in [4.78, 5) is 14.0. The molecule has 3 aromatic rings. The lowest BCUT2D eigenvalue weighted by molar-refractivity contribution is -0.137. The van der Waals surface area contributed by atoms with Gasteiger partial charge < -0.3 is 20.9 Å². The van der Waals surface area contributed by atoms with Gasteiger partial charge >= 0.3 is 12.2 Å². The number of anilines is 5. The van der Waals surface area contributed by atoms with Crippen LogP contribution in [0, 0.1) is 0 Å². The van der Waals surface area contributed by atoms with Crippen LogP contribution in [-0.2, 0) is 6.18 Å². The lowest BCUT2D eigenvalue weighted by atomic mass is 10.2. The Hall–Kier alpha value is -3.53. The molecule has 0 aliphatic rings. The van der Waals surface area contributed by atoms with Crippen LogP contribution in [-0.4, -0.2) is 30.3 Å². The number of alkyl halides is 3. The number of carbonyl (C=O) groups excluding carboxylic acids is 1. The number of rotatable bonds is 5. The van der Waals surface area contributed by atoms with Crippen molar-refractivity contribution in [1.82, 2.24) is 10.2 Å². The average Bonchev–Trinajstić information content (AvgIpc) is 2.70. The molecule has 3 N–H and O–H groups in total. The molecule has 7 nitrogen and oxygen atoms in total. The lowest BCUT2D eigenvalue weighted by Crippen LogP contribution is -2.19. The fourth-order valence-electron chi connectivity index (χ4n) is 2.56. The molecule has 11 heteroatoms. The minimum Gasteiger partial charge on any atom is -0.376 e. The third kappa shape index (κ3) is 5.98. The van der Waals surface area contributed by atoms with Gasteiger partial charge in [-0.05, 0) is 42.5 Å². The summed E-state index contributed by atoms with van der Waals surface area (Å²) in [6.07, 6.45) is -2.99. The van der Waals surface area contributed by atoms with Gasteiger partial charge in [0, 0.05) is 37.2 Å². The molecule has 0 unspecified atom stereocenters. The standard InChI is InChI=1S/C20H18ClF3N6O/c1-30(2)15-10-18(29-25-11-15)26-12-3-5-13(6-4-12)27-19(31)28-14-7-8-17(21)16(9-14)20(22,23)24/h3-11H,1-2H3,(H,26,29)(H2,27,28,31). The average molecular weight is 451 g/mol. The van der Waals surface area contributed by atoms with Gasteiger partial charge in [-0.25, -0.2) is 4.79 Å². The van der Waals surface area contributed by atoms with Gasteiger partial charge in [-0.15, -0.1) is 5.10 Å². The van der Waals surface area contributed by atoms with E-state index in [0.29, 0.717) is 17.2 Å². The summed E-state index contributed by atoms with van der Waals surface area (Å²) in [5, 5.41) is 15.5. The van der Waals surface area contributed by atoms with Crippen LogP contribution in [0.2, 0.25) is 5.02 Å². The number of urea groups is 1. The fourth-order valence-corrected chi connectivity index (χ4v) is 2.79. The van der Waals surface area contributed by atoms with Gasteiger partial charge in [-0.2, -0.15) is 18.3 Å². The zero-order chi connectivity index (χ0) is 22.6. The molecule has 162 valence electrons.